The van der Waals surface area contributed by atoms with E-state index in [1.807, 2.05) is 0 Å². The van der Waals surface area contributed by atoms with Crippen molar-refractivity contribution in [2.75, 3.05) is 25.0 Å². The molecule has 11 heteroatoms. The van der Waals surface area contributed by atoms with E-state index in [0.717, 1.165) is 67.9 Å². The molecule has 3 N–H and O–H groups in total. The summed E-state index contributed by atoms with van der Waals surface area (Å²) in [6, 6.07) is 2.99. The number of hydrogen-bond acceptors (Lipinski definition) is 6. The third-order valence-corrected chi connectivity index (χ3v) is 7.06. The highest BCUT2D eigenvalue weighted by atomic mass is 19.3. The standard InChI is InChI=1S/C28H42F2N4O5/c1-27(2,3)39-26(38)34-17-15-21(28(29,30)18-34)24(35)33-22(25(36)37)12-8-6-4-5-7-11-20-14-13-19-10-9-16-31-23(19)32-20/h13-14,21-22H,4-12,15-18H2,1-3H3,(H,31,32)(H,33,35)(H,36,37)/t21?,22-/m0/s1. The molecule has 1 aromatic heterocycles. The number of halogens is 2. The molecule has 2 amide bonds. The van der Waals surface area contributed by atoms with Crippen LogP contribution in [0.5, 0.6) is 0 Å². The Bertz CT molecular complexity index is 1010. The second-order valence-corrected chi connectivity index (χ2v) is 11.6. The van der Waals surface area contributed by atoms with Gasteiger partial charge in [0.15, 0.2) is 0 Å². The summed E-state index contributed by atoms with van der Waals surface area (Å²) < 4.78 is 34.7. The van der Waals surface area contributed by atoms with Crippen LogP contribution in [0, 0.1) is 5.92 Å². The smallest absolute Gasteiger partial charge is 0.410 e. The summed E-state index contributed by atoms with van der Waals surface area (Å²) >= 11 is 0. The average Bonchev–Trinajstić information content (AvgIpc) is 2.85. The summed E-state index contributed by atoms with van der Waals surface area (Å²) in [7, 11) is 0. The number of nitrogens with zero attached hydrogens (tertiary/aromatic N) is 2. The third-order valence-electron chi connectivity index (χ3n) is 7.06. The Kier molecular flexibility index (Phi) is 10.5. The second kappa shape index (κ2) is 13.4. The van der Waals surface area contributed by atoms with Gasteiger partial charge in [-0.1, -0.05) is 31.7 Å². The van der Waals surface area contributed by atoms with Gasteiger partial charge >= 0.3 is 12.1 Å². The lowest BCUT2D eigenvalue weighted by Crippen LogP contribution is -2.57. The van der Waals surface area contributed by atoms with Crippen molar-refractivity contribution in [3.8, 4) is 0 Å². The van der Waals surface area contributed by atoms with Gasteiger partial charge in [0.25, 0.3) is 5.92 Å². The molecule has 0 spiro atoms. The first kappa shape index (κ1) is 30.6. The van der Waals surface area contributed by atoms with Gasteiger partial charge in [0.2, 0.25) is 5.91 Å². The summed E-state index contributed by atoms with van der Waals surface area (Å²) in [5.41, 5.74) is 1.50. The first-order valence-corrected chi connectivity index (χ1v) is 14.0. The normalized spacial score (nSPS) is 19.4. The lowest BCUT2D eigenvalue weighted by molar-refractivity contribution is -0.154. The minimum atomic E-state index is -3.49. The zero-order valence-electron chi connectivity index (χ0n) is 23.2. The van der Waals surface area contributed by atoms with E-state index >= 15 is 0 Å². The number of aliphatic carboxylic acids is 1. The van der Waals surface area contributed by atoms with E-state index in [1.165, 1.54) is 5.56 Å². The number of pyridine rings is 1. The van der Waals surface area contributed by atoms with Crippen LogP contribution >= 0.6 is 0 Å². The number of anilines is 1. The molecule has 39 heavy (non-hydrogen) atoms. The first-order chi connectivity index (χ1) is 18.4. The van der Waals surface area contributed by atoms with Gasteiger partial charge in [-0.25, -0.2) is 23.4 Å². The SMILES string of the molecule is CC(C)(C)OC(=O)N1CCC(C(=O)N[C@@H](CCCCCCCc2ccc3c(n2)NCCC3)C(=O)O)C(F)(F)C1. The van der Waals surface area contributed by atoms with E-state index in [1.54, 1.807) is 20.8 Å². The largest absolute Gasteiger partial charge is 0.480 e. The van der Waals surface area contributed by atoms with Gasteiger partial charge in [0.1, 0.15) is 23.4 Å². The van der Waals surface area contributed by atoms with Gasteiger partial charge in [-0.3, -0.25) is 4.79 Å². The Hall–Kier alpha value is -2.98. The average molecular weight is 553 g/mol. The maximum atomic E-state index is 14.8. The molecule has 2 aliphatic rings. The number of ether oxygens (including phenoxy) is 1. The number of aryl methyl sites for hydroxylation is 2. The van der Waals surface area contributed by atoms with Crippen LogP contribution in [0.2, 0.25) is 0 Å². The van der Waals surface area contributed by atoms with Gasteiger partial charge in [0.05, 0.1) is 6.54 Å². The molecule has 0 bridgehead atoms. The van der Waals surface area contributed by atoms with Crippen molar-refractivity contribution < 1.29 is 33.0 Å². The van der Waals surface area contributed by atoms with E-state index in [0.29, 0.717) is 6.42 Å². The highest BCUT2D eigenvalue weighted by molar-refractivity contribution is 5.86. The fourth-order valence-corrected chi connectivity index (χ4v) is 4.97. The van der Waals surface area contributed by atoms with Gasteiger partial charge in [-0.05, 0) is 70.9 Å². The highest BCUT2D eigenvalue weighted by Crippen LogP contribution is 2.34. The Balaban J connectivity index is 1.37. The minimum Gasteiger partial charge on any atom is -0.480 e. The van der Waals surface area contributed by atoms with Crippen LogP contribution in [-0.4, -0.2) is 70.2 Å². The maximum Gasteiger partial charge on any atom is 0.410 e. The van der Waals surface area contributed by atoms with Crippen molar-refractivity contribution in [1.29, 1.82) is 0 Å². The summed E-state index contributed by atoms with van der Waals surface area (Å²) in [6.07, 6.45) is 6.29. The van der Waals surface area contributed by atoms with Gasteiger partial charge < -0.3 is 25.4 Å². The third kappa shape index (κ3) is 9.32. The van der Waals surface area contributed by atoms with E-state index in [4.69, 9.17) is 9.72 Å². The van der Waals surface area contributed by atoms with Crippen molar-refractivity contribution in [1.82, 2.24) is 15.2 Å². The van der Waals surface area contributed by atoms with E-state index in [2.05, 4.69) is 22.8 Å². The van der Waals surface area contributed by atoms with Crippen LogP contribution in [0.4, 0.5) is 19.4 Å². The quantitative estimate of drug-likeness (QED) is 0.338. The Labute approximate surface area is 229 Å². The lowest BCUT2D eigenvalue weighted by Gasteiger charge is -2.38. The number of carboxylic acids is 1. The number of likely N-dealkylation sites (tertiary alicyclic amines) is 1. The molecule has 1 fully saturated rings. The summed E-state index contributed by atoms with van der Waals surface area (Å²) in [4.78, 5) is 42.1. The minimum absolute atomic E-state index is 0.0716. The molecule has 1 unspecified atom stereocenters. The monoisotopic (exact) mass is 552 g/mol. The maximum absolute atomic E-state index is 14.8. The summed E-state index contributed by atoms with van der Waals surface area (Å²) in [5, 5.41) is 15.2. The number of fused-ring (bicyclic) bond motifs is 1. The number of hydrogen-bond donors (Lipinski definition) is 3. The molecule has 1 saturated heterocycles. The van der Waals surface area contributed by atoms with Crippen LogP contribution in [0.3, 0.4) is 0 Å². The summed E-state index contributed by atoms with van der Waals surface area (Å²) in [5.74, 6) is -6.45. The highest BCUT2D eigenvalue weighted by Gasteiger charge is 2.50. The molecule has 2 aliphatic heterocycles. The van der Waals surface area contributed by atoms with E-state index < -0.39 is 48.0 Å². The Morgan fingerprint density at radius 2 is 1.92 bits per heavy atom. The molecule has 0 radical (unpaired) electrons. The lowest BCUT2D eigenvalue weighted by atomic mass is 9.91. The Morgan fingerprint density at radius 1 is 1.21 bits per heavy atom. The number of alkyl halides is 2. The molecular formula is C28H42F2N4O5. The topological polar surface area (TPSA) is 121 Å². The van der Waals surface area contributed by atoms with Gasteiger partial charge in [0, 0.05) is 18.8 Å². The number of amides is 2. The molecule has 1 aromatic rings. The van der Waals surface area contributed by atoms with Crippen molar-refractivity contribution in [2.45, 2.75) is 103 Å². The molecule has 3 heterocycles. The molecular weight excluding hydrogens is 510 g/mol. The number of rotatable bonds is 11. The van der Waals surface area contributed by atoms with Crippen LogP contribution in [0.25, 0.3) is 0 Å². The zero-order chi connectivity index (χ0) is 28.6. The molecule has 9 nitrogen and oxygen atoms in total. The van der Waals surface area contributed by atoms with E-state index in [-0.39, 0.29) is 19.4 Å². The van der Waals surface area contributed by atoms with Crippen molar-refractivity contribution in [3.63, 3.8) is 0 Å². The predicted molar refractivity (Wildman–Crippen MR) is 143 cm³/mol. The fraction of sp³-hybridized carbons (Fsp3) is 0.714. The van der Waals surface area contributed by atoms with Crippen LogP contribution < -0.4 is 10.6 Å². The number of carbonyl (C=O) groups is 3. The molecule has 0 aromatic carbocycles. The number of carboxylic acid groups (broad SMARTS) is 1. The number of carbonyl (C=O) groups excluding carboxylic acids is 2. The van der Waals surface area contributed by atoms with Gasteiger partial charge in [-0.2, -0.15) is 0 Å². The second-order valence-electron chi connectivity index (χ2n) is 11.6. The van der Waals surface area contributed by atoms with Crippen LogP contribution in [0.1, 0.15) is 83.4 Å². The predicted octanol–water partition coefficient (Wildman–Crippen LogP) is 4.78. The molecule has 3 rings (SSSR count). The fourth-order valence-electron chi connectivity index (χ4n) is 4.97. The first-order valence-electron chi connectivity index (χ1n) is 14.0. The molecule has 0 saturated carbocycles. The van der Waals surface area contributed by atoms with Crippen molar-refractivity contribution in [3.05, 3.63) is 23.4 Å². The van der Waals surface area contributed by atoms with Crippen LogP contribution in [0.15, 0.2) is 12.1 Å². The van der Waals surface area contributed by atoms with E-state index in [9.17, 15) is 28.3 Å². The number of aromatic nitrogens is 1. The van der Waals surface area contributed by atoms with Crippen molar-refractivity contribution in [2.24, 2.45) is 5.92 Å². The zero-order valence-corrected chi connectivity index (χ0v) is 23.2. The Morgan fingerprint density at radius 3 is 2.62 bits per heavy atom. The number of nitrogens with one attached hydrogen (secondary N) is 2. The molecule has 0 aliphatic carbocycles. The van der Waals surface area contributed by atoms with Gasteiger partial charge in [-0.15, -0.1) is 0 Å². The summed E-state index contributed by atoms with van der Waals surface area (Å²) in [6.45, 7) is 4.85. The molecule has 218 valence electrons. The molecule has 2 atom stereocenters. The number of piperidine rings is 1. The van der Waals surface area contributed by atoms with Crippen molar-refractivity contribution >= 4 is 23.8 Å². The number of unbranched alkanes of at least 4 members (excludes halogenated alkanes) is 4. The van der Waals surface area contributed by atoms with Crippen LogP contribution in [-0.2, 0) is 27.2 Å².